The number of nitrogens with zero attached hydrogens (tertiary/aromatic N) is 3. The van der Waals surface area contributed by atoms with Crippen molar-refractivity contribution in [1.82, 2.24) is 20.4 Å². The van der Waals surface area contributed by atoms with Crippen molar-refractivity contribution in [1.29, 1.82) is 0 Å². The summed E-state index contributed by atoms with van der Waals surface area (Å²) in [5, 5.41) is 6.35. The highest BCUT2D eigenvalue weighted by Gasteiger charge is 2.22. The first-order valence-electron chi connectivity index (χ1n) is 11.8. The zero-order valence-electron chi connectivity index (χ0n) is 20.1. The number of amides is 1. The lowest BCUT2D eigenvalue weighted by molar-refractivity contribution is -0.122. The minimum Gasteiger partial charge on any atom is -0.383 e. The van der Waals surface area contributed by atoms with E-state index in [4.69, 9.17) is 9.47 Å². The Morgan fingerprint density at radius 2 is 1.91 bits per heavy atom. The number of carbonyl (C=O) groups excluding carboxylic acids is 1. The summed E-state index contributed by atoms with van der Waals surface area (Å²) in [5.41, 5.74) is 2.81. The van der Waals surface area contributed by atoms with Crippen LogP contribution in [0.15, 0.2) is 29.3 Å². The molecule has 1 unspecified atom stereocenters. The van der Waals surface area contributed by atoms with Gasteiger partial charge in [-0.05, 0) is 36.8 Å². The van der Waals surface area contributed by atoms with Crippen LogP contribution in [0.25, 0.3) is 0 Å². The molecule has 0 bridgehead atoms. The standard InChI is InChI=1S/C24H39N5O3.HI/c1-25-24(29-15-13-28(14-16-29)19-23(30)26-12-18-31-2)27-11-6-17-32-22-10-5-8-20-7-3-4-9-21(20)22;/h3-4,7,9,22H,5-6,8,10-19H2,1-2H3,(H,25,27)(H,26,30);1H. The number of guanidine groups is 1. The maximum atomic E-state index is 12.0. The summed E-state index contributed by atoms with van der Waals surface area (Å²) in [6, 6.07) is 8.67. The Morgan fingerprint density at radius 1 is 1.12 bits per heavy atom. The van der Waals surface area contributed by atoms with Crippen LogP contribution in [0.2, 0.25) is 0 Å². The highest BCUT2D eigenvalue weighted by atomic mass is 127. The van der Waals surface area contributed by atoms with Crippen LogP contribution in [0.4, 0.5) is 0 Å². The number of aliphatic imine (C=N–C) groups is 1. The molecule has 33 heavy (non-hydrogen) atoms. The Bertz CT molecular complexity index is 741. The summed E-state index contributed by atoms with van der Waals surface area (Å²) in [7, 11) is 3.46. The van der Waals surface area contributed by atoms with Crippen molar-refractivity contribution in [2.24, 2.45) is 4.99 Å². The molecule has 2 aliphatic rings. The third-order valence-corrected chi connectivity index (χ3v) is 6.12. The summed E-state index contributed by atoms with van der Waals surface area (Å²) in [6.45, 7) is 6.54. The second kappa shape index (κ2) is 15.5. The van der Waals surface area contributed by atoms with Crippen LogP contribution in [0.3, 0.4) is 0 Å². The molecular formula is C24H40IN5O3. The van der Waals surface area contributed by atoms with Gasteiger partial charge in [-0.2, -0.15) is 0 Å². The van der Waals surface area contributed by atoms with Gasteiger partial charge in [0.15, 0.2) is 5.96 Å². The van der Waals surface area contributed by atoms with Crippen molar-refractivity contribution >= 4 is 35.8 Å². The van der Waals surface area contributed by atoms with E-state index in [0.717, 1.165) is 58.1 Å². The molecule has 8 nitrogen and oxygen atoms in total. The molecule has 0 saturated carbocycles. The van der Waals surface area contributed by atoms with Gasteiger partial charge in [-0.3, -0.25) is 14.7 Å². The number of halogens is 1. The molecule has 1 aliphatic heterocycles. The van der Waals surface area contributed by atoms with E-state index in [0.29, 0.717) is 19.7 Å². The normalized spacial score (nSPS) is 18.9. The van der Waals surface area contributed by atoms with Crippen molar-refractivity contribution in [3.8, 4) is 0 Å². The van der Waals surface area contributed by atoms with Crippen molar-refractivity contribution in [3.63, 3.8) is 0 Å². The molecule has 1 amide bonds. The number of methoxy groups -OCH3 is 1. The Balaban J connectivity index is 0.00000385. The lowest BCUT2D eigenvalue weighted by atomic mass is 9.89. The summed E-state index contributed by atoms with van der Waals surface area (Å²) in [5.74, 6) is 0.982. The largest absolute Gasteiger partial charge is 0.383 e. The van der Waals surface area contributed by atoms with Gasteiger partial charge in [-0.25, -0.2) is 0 Å². The van der Waals surface area contributed by atoms with Crippen molar-refractivity contribution in [2.75, 3.05) is 73.2 Å². The number of benzene rings is 1. The molecule has 1 atom stereocenters. The number of fused-ring (bicyclic) bond motifs is 1. The number of hydrogen-bond acceptors (Lipinski definition) is 5. The number of ether oxygens (including phenoxy) is 2. The Labute approximate surface area is 215 Å². The van der Waals surface area contributed by atoms with Crippen molar-refractivity contribution in [3.05, 3.63) is 35.4 Å². The van der Waals surface area contributed by atoms with Gasteiger partial charge in [0, 0.05) is 60.0 Å². The molecule has 1 aromatic rings. The van der Waals surface area contributed by atoms with Crippen LogP contribution in [-0.2, 0) is 20.7 Å². The van der Waals surface area contributed by atoms with E-state index in [1.807, 2.05) is 7.05 Å². The summed E-state index contributed by atoms with van der Waals surface area (Å²) in [6.07, 6.45) is 4.66. The number of nitrogens with one attached hydrogen (secondary N) is 2. The molecule has 0 aromatic heterocycles. The molecule has 1 saturated heterocycles. The van der Waals surface area contributed by atoms with Crippen LogP contribution in [0.1, 0.15) is 36.5 Å². The van der Waals surface area contributed by atoms with E-state index in [9.17, 15) is 4.79 Å². The topological polar surface area (TPSA) is 78.4 Å². The van der Waals surface area contributed by atoms with E-state index >= 15 is 0 Å². The monoisotopic (exact) mass is 573 g/mol. The maximum absolute atomic E-state index is 12.0. The molecule has 3 rings (SSSR count). The lowest BCUT2D eigenvalue weighted by Crippen LogP contribution is -2.54. The summed E-state index contributed by atoms with van der Waals surface area (Å²) >= 11 is 0. The predicted molar refractivity (Wildman–Crippen MR) is 142 cm³/mol. The molecule has 9 heteroatoms. The van der Waals surface area contributed by atoms with Gasteiger partial charge < -0.3 is 25.0 Å². The van der Waals surface area contributed by atoms with Gasteiger partial charge in [0.05, 0.1) is 19.3 Å². The van der Waals surface area contributed by atoms with Gasteiger partial charge in [0.25, 0.3) is 0 Å². The first-order valence-corrected chi connectivity index (χ1v) is 11.8. The van der Waals surface area contributed by atoms with Gasteiger partial charge >= 0.3 is 0 Å². The van der Waals surface area contributed by atoms with E-state index in [1.165, 1.54) is 24.0 Å². The highest BCUT2D eigenvalue weighted by Crippen LogP contribution is 2.32. The van der Waals surface area contributed by atoms with Gasteiger partial charge in [0.1, 0.15) is 0 Å². The zero-order chi connectivity index (χ0) is 22.6. The van der Waals surface area contributed by atoms with Crippen LogP contribution < -0.4 is 10.6 Å². The minimum atomic E-state index is 0. The molecule has 0 radical (unpaired) electrons. The van der Waals surface area contributed by atoms with E-state index in [2.05, 4.69) is 49.7 Å². The number of carbonyl (C=O) groups is 1. The SMILES string of the molecule is CN=C(NCCCOC1CCCc2ccccc21)N1CCN(CC(=O)NCCOC)CC1.I. The summed E-state index contributed by atoms with van der Waals surface area (Å²) in [4.78, 5) is 20.9. The van der Waals surface area contributed by atoms with Crippen LogP contribution >= 0.6 is 24.0 Å². The summed E-state index contributed by atoms with van der Waals surface area (Å²) < 4.78 is 11.2. The first kappa shape index (κ1) is 27.8. The minimum absolute atomic E-state index is 0. The van der Waals surface area contributed by atoms with Crippen LogP contribution in [0.5, 0.6) is 0 Å². The number of piperazine rings is 1. The average Bonchev–Trinajstić information content (AvgIpc) is 2.82. The Kier molecular flexibility index (Phi) is 13.0. The Morgan fingerprint density at radius 3 is 2.67 bits per heavy atom. The van der Waals surface area contributed by atoms with E-state index in [1.54, 1.807) is 7.11 Å². The molecule has 186 valence electrons. The maximum Gasteiger partial charge on any atom is 0.234 e. The number of hydrogen-bond donors (Lipinski definition) is 2. The van der Waals surface area contributed by atoms with E-state index < -0.39 is 0 Å². The van der Waals surface area contributed by atoms with Gasteiger partial charge in [-0.1, -0.05) is 24.3 Å². The van der Waals surface area contributed by atoms with E-state index in [-0.39, 0.29) is 36.0 Å². The van der Waals surface area contributed by atoms with Crippen molar-refractivity contribution < 1.29 is 14.3 Å². The fourth-order valence-corrected chi connectivity index (χ4v) is 4.38. The number of rotatable bonds is 10. The highest BCUT2D eigenvalue weighted by molar-refractivity contribution is 14.0. The number of aryl methyl sites for hydroxylation is 1. The lowest BCUT2D eigenvalue weighted by Gasteiger charge is -2.36. The average molecular weight is 574 g/mol. The molecule has 2 N–H and O–H groups in total. The predicted octanol–water partition coefficient (Wildman–Crippen LogP) is 2.04. The zero-order valence-corrected chi connectivity index (χ0v) is 22.4. The Hall–Kier alpha value is -1.43. The third kappa shape index (κ3) is 9.03. The van der Waals surface area contributed by atoms with Gasteiger partial charge in [0.2, 0.25) is 5.91 Å². The first-order chi connectivity index (χ1) is 15.7. The smallest absolute Gasteiger partial charge is 0.234 e. The quantitative estimate of drug-likeness (QED) is 0.193. The van der Waals surface area contributed by atoms with Crippen LogP contribution in [0, 0.1) is 0 Å². The fraction of sp³-hybridized carbons (Fsp3) is 0.667. The van der Waals surface area contributed by atoms with Crippen LogP contribution in [-0.4, -0.2) is 94.9 Å². The molecule has 1 fully saturated rings. The molecule has 0 spiro atoms. The van der Waals surface area contributed by atoms with Gasteiger partial charge in [-0.15, -0.1) is 24.0 Å². The second-order valence-corrected chi connectivity index (χ2v) is 8.38. The molecule has 1 aliphatic carbocycles. The molecule has 1 heterocycles. The fourth-order valence-electron chi connectivity index (χ4n) is 4.38. The molecule has 1 aromatic carbocycles. The third-order valence-electron chi connectivity index (χ3n) is 6.12. The molecular weight excluding hydrogens is 533 g/mol. The second-order valence-electron chi connectivity index (χ2n) is 8.38. The van der Waals surface area contributed by atoms with Crippen molar-refractivity contribution in [2.45, 2.75) is 31.8 Å².